The van der Waals surface area contributed by atoms with Gasteiger partial charge in [-0.25, -0.2) is 4.79 Å². The van der Waals surface area contributed by atoms with Gasteiger partial charge in [-0.1, -0.05) is 6.92 Å². The molecular formula is C9H15FO4. The van der Waals surface area contributed by atoms with Gasteiger partial charge in [0.2, 0.25) is 0 Å². The second-order valence-electron chi connectivity index (χ2n) is 3.47. The first-order valence-electron chi connectivity index (χ1n) is 4.76. The van der Waals surface area contributed by atoms with E-state index >= 15 is 0 Å². The van der Waals surface area contributed by atoms with Gasteiger partial charge in [-0.15, -0.1) is 0 Å². The first-order chi connectivity index (χ1) is 6.74. The first kappa shape index (κ1) is 11.4. The van der Waals surface area contributed by atoms with Crippen molar-refractivity contribution >= 4 is 5.97 Å². The Balaban J connectivity index is 1.88. The highest BCUT2D eigenvalue weighted by Crippen LogP contribution is 2.11. The molecule has 0 N–H and O–H groups in total. The lowest BCUT2D eigenvalue weighted by atomic mass is 10.1. The van der Waals surface area contributed by atoms with Crippen molar-refractivity contribution in [2.45, 2.75) is 25.9 Å². The largest absolute Gasteiger partial charge is 0.379 e. The van der Waals surface area contributed by atoms with E-state index < -0.39 is 11.9 Å². The molecular weight excluding hydrogens is 191 g/mol. The number of halogens is 1. The Hall–Kier alpha value is -0.680. The van der Waals surface area contributed by atoms with Crippen LogP contribution >= 0.6 is 0 Å². The number of epoxide rings is 1. The van der Waals surface area contributed by atoms with Crippen LogP contribution in [0.25, 0.3) is 0 Å². The molecule has 2 atom stereocenters. The smallest absolute Gasteiger partial charge is 0.351 e. The summed E-state index contributed by atoms with van der Waals surface area (Å²) in [4.78, 5) is 13.8. The molecule has 0 bridgehead atoms. The summed E-state index contributed by atoms with van der Waals surface area (Å²) in [7, 11) is 0. The van der Waals surface area contributed by atoms with Crippen molar-refractivity contribution in [3.63, 3.8) is 0 Å². The Labute approximate surface area is 82.2 Å². The zero-order chi connectivity index (χ0) is 10.4. The molecule has 2 unspecified atom stereocenters. The van der Waals surface area contributed by atoms with Crippen LogP contribution in [-0.2, 0) is 19.2 Å². The minimum Gasteiger partial charge on any atom is -0.379 e. The molecule has 1 aliphatic rings. The minimum absolute atomic E-state index is 0.267. The van der Waals surface area contributed by atoms with Crippen molar-refractivity contribution in [2.75, 3.05) is 19.8 Å². The van der Waals surface area contributed by atoms with Gasteiger partial charge in [0.1, 0.15) is 6.10 Å². The lowest BCUT2D eigenvalue weighted by molar-refractivity contribution is -0.188. The van der Waals surface area contributed by atoms with Gasteiger partial charge >= 0.3 is 5.97 Å². The fourth-order valence-corrected chi connectivity index (χ4v) is 1.06. The van der Waals surface area contributed by atoms with Crippen LogP contribution in [0.15, 0.2) is 0 Å². The molecule has 1 heterocycles. The topological polar surface area (TPSA) is 48.1 Å². The van der Waals surface area contributed by atoms with Gasteiger partial charge < -0.3 is 9.47 Å². The number of hydrogen-bond acceptors (Lipinski definition) is 4. The third-order valence-electron chi connectivity index (χ3n) is 2.11. The van der Waals surface area contributed by atoms with Gasteiger partial charge in [-0.3, -0.25) is 4.94 Å². The van der Waals surface area contributed by atoms with Crippen LogP contribution < -0.4 is 0 Å². The number of rotatable bonds is 7. The maximum atomic E-state index is 11.4. The van der Waals surface area contributed by atoms with Crippen LogP contribution in [0.5, 0.6) is 0 Å². The zero-order valence-electron chi connectivity index (χ0n) is 8.20. The molecule has 14 heavy (non-hydrogen) atoms. The first-order valence-corrected chi connectivity index (χ1v) is 4.76. The minimum atomic E-state index is -0.810. The Kier molecular flexibility index (Phi) is 4.82. The van der Waals surface area contributed by atoms with Gasteiger partial charge in [0.05, 0.1) is 19.1 Å². The van der Waals surface area contributed by atoms with Crippen molar-refractivity contribution in [1.82, 2.24) is 0 Å². The summed E-state index contributed by atoms with van der Waals surface area (Å²) in [5, 5.41) is 0. The van der Waals surface area contributed by atoms with E-state index in [9.17, 15) is 9.32 Å². The molecule has 0 saturated carbocycles. The van der Waals surface area contributed by atoms with Crippen LogP contribution in [0, 0.1) is 5.92 Å². The summed E-state index contributed by atoms with van der Waals surface area (Å²) in [5.41, 5.74) is 0. The van der Waals surface area contributed by atoms with Gasteiger partial charge in [0, 0.05) is 11.1 Å². The van der Waals surface area contributed by atoms with Crippen molar-refractivity contribution in [3.8, 4) is 0 Å². The van der Waals surface area contributed by atoms with Crippen LogP contribution in [0.2, 0.25) is 0 Å². The Morgan fingerprint density at radius 3 is 3.00 bits per heavy atom. The van der Waals surface area contributed by atoms with Crippen LogP contribution in [-0.4, -0.2) is 31.9 Å². The molecule has 5 heteroatoms. The summed E-state index contributed by atoms with van der Waals surface area (Å²) in [6.45, 7) is 3.60. The van der Waals surface area contributed by atoms with E-state index in [2.05, 4.69) is 4.94 Å². The summed E-state index contributed by atoms with van der Waals surface area (Å²) in [5.74, 6) is -1.21. The molecule has 82 valence electrons. The zero-order valence-corrected chi connectivity index (χ0v) is 8.20. The average Bonchev–Trinajstić information content (AvgIpc) is 2.99. The van der Waals surface area contributed by atoms with E-state index in [0.717, 1.165) is 13.0 Å². The van der Waals surface area contributed by atoms with E-state index in [0.29, 0.717) is 19.6 Å². The van der Waals surface area contributed by atoms with Crippen LogP contribution in [0.1, 0.15) is 19.8 Å². The predicted octanol–water partition coefficient (Wildman–Crippen LogP) is 1.25. The lowest BCUT2D eigenvalue weighted by Gasteiger charge is -2.06. The Bertz CT molecular complexity index is 182. The molecule has 0 aliphatic carbocycles. The molecule has 4 nitrogen and oxygen atoms in total. The van der Waals surface area contributed by atoms with Crippen LogP contribution in [0.4, 0.5) is 4.53 Å². The van der Waals surface area contributed by atoms with E-state index in [-0.39, 0.29) is 6.10 Å². The fraction of sp³-hybridized carbons (Fsp3) is 0.889. The van der Waals surface area contributed by atoms with E-state index in [1.54, 1.807) is 6.92 Å². The number of ether oxygens (including phenoxy) is 2. The van der Waals surface area contributed by atoms with Gasteiger partial charge in [-0.2, -0.15) is 0 Å². The fourth-order valence-electron chi connectivity index (χ4n) is 1.06. The number of carbonyl (C=O) groups excluding carboxylic acids is 1. The molecule has 0 amide bonds. The molecule has 0 spiro atoms. The monoisotopic (exact) mass is 206 g/mol. The SMILES string of the molecule is CC(CCCOCC1CO1)C(=O)OF. The third-order valence-corrected chi connectivity index (χ3v) is 2.11. The molecule has 1 fully saturated rings. The average molecular weight is 206 g/mol. The summed E-state index contributed by atoms with van der Waals surface area (Å²) in [6.07, 6.45) is 1.57. The Morgan fingerprint density at radius 2 is 2.43 bits per heavy atom. The van der Waals surface area contributed by atoms with Gasteiger partial charge in [-0.05, 0) is 12.8 Å². The standard InChI is InChI=1S/C9H15FO4/c1-7(9(11)14-10)3-2-4-12-5-8-6-13-8/h7-8H,2-6H2,1H3. The summed E-state index contributed by atoms with van der Waals surface area (Å²) >= 11 is 0. The molecule has 1 rings (SSSR count). The number of hydrogen-bond donors (Lipinski definition) is 0. The molecule has 1 saturated heterocycles. The number of carbonyl (C=O) groups is 1. The second kappa shape index (κ2) is 5.93. The summed E-state index contributed by atoms with van der Waals surface area (Å²) < 4.78 is 21.6. The van der Waals surface area contributed by atoms with Crippen molar-refractivity contribution in [1.29, 1.82) is 0 Å². The predicted molar refractivity (Wildman–Crippen MR) is 46.2 cm³/mol. The highest BCUT2D eigenvalue weighted by atomic mass is 19.3. The lowest BCUT2D eigenvalue weighted by Crippen LogP contribution is -2.12. The molecule has 1 aliphatic heterocycles. The van der Waals surface area contributed by atoms with Gasteiger partial charge in [0.15, 0.2) is 0 Å². The normalized spacial score (nSPS) is 21.7. The van der Waals surface area contributed by atoms with Crippen molar-refractivity contribution < 1.29 is 23.7 Å². The van der Waals surface area contributed by atoms with Crippen molar-refractivity contribution in [2.24, 2.45) is 5.92 Å². The van der Waals surface area contributed by atoms with Crippen LogP contribution in [0.3, 0.4) is 0 Å². The third kappa shape index (κ3) is 4.53. The second-order valence-corrected chi connectivity index (χ2v) is 3.47. The van der Waals surface area contributed by atoms with Gasteiger partial charge in [0.25, 0.3) is 0 Å². The maximum Gasteiger partial charge on any atom is 0.351 e. The van der Waals surface area contributed by atoms with E-state index in [4.69, 9.17) is 9.47 Å². The van der Waals surface area contributed by atoms with Crippen molar-refractivity contribution in [3.05, 3.63) is 0 Å². The van der Waals surface area contributed by atoms with E-state index in [1.807, 2.05) is 0 Å². The quantitative estimate of drug-likeness (QED) is 0.464. The summed E-state index contributed by atoms with van der Waals surface area (Å²) in [6, 6.07) is 0. The maximum absolute atomic E-state index is 11.4. The molecule has 0 aromatic heterocycles. The molecule has 0 aromatic carbocycles. The highest BCUT2D eigenvalue weighted by Gasteiger charge is 2.22. The Morgan fingerprint density at radius 1 is 1.71 bits per heavy atom. The highest BCUT2D eigenvalue weighted by molar-refractivity contribution is 5.71. The molecule has 0 aromatic rings. The van der Waals surface area contributed by atoms with E-state index in [1.165, 1.54) is 0 Å². The molecule has 0 radical (unpaired) electrons.